The van der Waals surface area contributed by atoms with Crippen molar-refractivity contribution in [1.82, 2.24) is 9.97 Å². The minimum Gasteiger partial charge on any atom is -0.477 e. The highest BCUT2D eigenvalue weighted by Crippen LogP contribution is 2.33. The third-order valence-electron chi connectivity index (χ3n) is 2.84. The van der Waals surface area contributed by atoms with Crippen LogP contribution in [-0.4, -0.2) is 29.2 Å². The fourth-order valence-corrected chi connectivity index (χ4v) is 1.75. The van der Waals surface area contributed by atoms with Crippen LogP contribution < -0.4 is 15.8 Å². The van der Waals surface area contributed by atoms with E-state index in [0.717, 1.165) is 12.2 Å². The van der Waals surface area contributed by atoms with E-state index in [9.17, 15) is 0 Å². The molecule has 5 heteroatoms. The lowest BCUT2D eigenvalue weighted by molar-refractivity contribution is 0.304. The monoisotopic (exact) mass is 236 g/mol. The number of nitrogens with zero attached hydrogens (tertiary/aromatic N) is 2. The molecule has 0 bridgehead atoms. The van der Waals surface area contributed by atoms with E-state index < -0.39 is 0 Å². The Labute approximate surface area is 102 Å². The number of anilines is 1. The molecule has 17 heavy (non-hydrogen) atoms. The minimum atomic E-state index is 0.311. The third kappa shape index (κ3) is 3.56. The predicted molar refractivity (Wildman–Crippen MR) is 67.0 cm³/mol. The number of nitrogens with two attached hydrogens (primary N) is 1. The molecule has 1 aliphatic rings. The van der Waals surface area contributed by atoms with Crippen LogP contribution >= 0.6 is 0 Å². The van der Waals surface area contributed by atoms with E-state index in [-0.39, 0.29) is 0 Å². The minimum absolute atomic E-state index is 0.311. The van der Waals surface area contributed by atoms with Gasteiger partial charge in [-0.15, -0.1) is 0 Å². The first kappa shape index (κ1) is 12.1. The van der Waals surface area contributed by atoms with Gasteiger partial charge in [0, 0.05) is 12.6 Å². The van der Waals surface area contributed by atoms with Gasteiger partial charge in [0.05, 0.1) is 19.0 Å². The van der Waals surface area contributed by atoms with E-state index in [0.29, 0.717) is 31.0 Å². The average Bonchev–Trinajstić information content (AvgIpc) is 3.18. The molecule has 1 heterocycles. The molecule has 1 aromatic heterocycles. The molecular weight excluding hydrogens is 216 g/mol. The maximum Gasteiger partial charge on any atom is 0.234 e. The summed E-state index contributed by atoms with van der Waals surface area (Å²) in [4.78, 5) is 8.47. The van der Waals surface area contributed by atoms with Crippen LogP contribution in [0.1, 0.15) is 26.2 Å². The molecule has 1 aliphatic carbocycles. The smallest absolute Gasteiger partial charge is 0.234 e. The average molecular weight is 236 g/mol. The van der Waals surface area contributed by atoms with Gasteiger partial charge in [0.1, 0.15) is 5.82 Å². The van der Waals surface area contributed by atoms with Gasteiger partial charge in [0.2, 0.25) is 5.88 Å². The van der Waals surface area contributed by atoms with Crippen molar-refractivity contribution < 1.29 is 4.74 Å². The van der Waals surface area contributed by atoms with Crippen LogP contribution in [0.15, 0.2) is 12.4 Å². The third-order valence-corrected chi connectivity index (χ3v) is 2.84. The summed E-state index contributed by atoms with van der Waals surface area (Å²) in [6.45, 7) is 3.36. The summed E-state index contributed by atoms with van der Waals surface area (Å²) < 4.78 is 5.44. The van der Waals surface area contributed by atoms with Crippen LogP contribution in [0.25, 0.3) is 0 Å². The van der Waals surface area contributed by atoms with Gasteiger partial charge in [-0.1, -0.05) is 6.92 Å². The zero-order chi connectivity index (χ0) is 12.1. The Bertz CT molecular complexity index is 354. The largest absolute Gasteiger partial charge is 0.477 e. The second-order valence-electron chi connectivity index (χ2n) is 4.41. The fourth-order valence-electron chi connectivity index (χ4n) is 1.75. The van der Waals surface area contributed by atoms with E-state index in [1.807, 2.05) is 0 Å². The van der Waals surface area contributed by atoms with Gasteiger partial charge in [-0.05, 0) is 25.2 Å². The highest BCUT2D eigenvalue weighted by Gasteiger charge is 2.30. The number of aromatic nitrogens is 2. The highest BCUT2D eigenvalue weighted by molar-refractivity contribution is 5.35. The second-order valence-corrected chi connectivity index (χ2v) is 4.41. The van der Waals surface area contributed by atoms with Gasteiger partial charge in [-0.2, -0.15) is 4.98 Å². The lowest BCUT2D eigenvalue weighted by atomic mass is 10.2. The number of rotatable bonds is 7. The number of hydrogen-bond donors (Lipinski definition) is 2. The Morgan fingerprint density at radius 1 is 1.53 bits per heavy atom. The second kappa shape index (κ2) is 5.82. The molecule has 0 amide bonds. The van der Waals surface area contributed by atoms with E-state index in [1.54, 1.807) is 12.4 Å². The van der Waals surface area contributed by atoms with Crippen molar-refractivity contribution in [3.63, 3.8) is 0 Å². The predicted octanol–water partition coefficient (Wildman–Crippen LogP) is 1.41. The van der Waals surface area contributed by atoms with Gasteiger partial charge in [0.25, 0.3) is 0 Å². The van der Waals surface area contributed by atoms with Crippen LogP contribution in [0, 0.1) is 5.92 Å². The van der Waals surface area contributed by atoms with Crippen LogP contribution in [0.5, 0.6) is 5.88 Å². The summed E-state index contributed by atoms with van der Waals surface area (Å²) in [5.41, 5.74) is 5.74. The van der Waals surface area contributed by atoms with Crippen molar-refractivity contribution in [3.05, 3.63) is 12.4 Å². The number of hydrogen-bond acceptors (Lipinski definition) is 5. The van der Waals surface area contributed by atoms with Crippen molar-refractivity contribution >= 4 is 5.82 Å². The molecule has 0 radical (unpaired) electrons. The highest BCUT2D eigenvalue weighted by atomic mass is 16.5. The van der Waals surface area contributed by atoms with Crippen LogP contribution in [0.3, 0.4) is 0 Å². The molecule has 2 rings (SSSR count). The Morgan fingerprint density at radius 2 is 2.35 bits per heavy atom. The Balaban J connectivity index is 1.94. The molecule has 1 aromatic rings. The lowest BCUT2D eigenvalue weighted by Gasteiger charge is -2.16. The Hall–Kier alpha value is -1.36. The van der Waals surface area contributed by atoms with Crippen LogP contribution in [-0.2, 0) is 0 Å². The van der Waals surface area contributed by atoms with Gasteiger partial charge >= 0.3 is 0 Å². The summed E-state index contributed by atoms with van der Waals surface area (Å²) in [5, 5.41) is 3.33. The molecule has 5 nitrogen and oxygen atoms in total. The van der Waals surface area contributed by atoms with Gasteiger partial charge in [-0.25, -0.2) is 0 Å². The molecule has 1 unspecified atom stereocenters. The van der Waals surface area contributed by atoms with Crippen molar-refractivity contribution in [2.75, 3.05) is 18.5 Å². The van der Waals surface area contributed by atoms with E-state index in [1.165, 1.54) is 12.8 Å². The Kier molecular flexibility index (Phi) is 4.14. The molecule has 3 N–H and O–H groups in total. The van der Waals surface area contributed by atoms with Crippen molar-refractivity contribution in [3.8, 4) is 5.88 Å². The van der Waals surface area contributed by atoms with E-state index >= 15 is 0 Å². The Morgan fingerprint density at radius 3 is 3.00 bits per heavy atom. The van der Waals surface area contributed by atoms with Crippen LogP contribution in [0.4, 0.5) is 5.82 Å². The molecule has 0 spiro atoms. The molecular formula is C12H20N4O. The van der Waals surface area contributed by atoms with Crippen molar-refractivity contribution in [1.29, 1.82) is 0 Å². The van der Waals surface area contributed by atoms with Gasteiger partial charge < -0.3 is 15.8 Å². The molecule has 0 aromatic carbocycles. The quantitative estimate of drug-likeness (QED) is 0.749. The first-order chi connectivity index (χ1) is 8.33. The summed E-state index contributed by atoms with van der Waals surface area (Å²) in [5.74, 6) is 2.02. The van der Waals surface area contributed by atoms with E-state index in [2.05, 4.69) is 22.2 Å². The molecule has 0 saturated heterocycles. The molecule has 1 atom stereocenters. The fraction of sp³-hybridized carbons (Fsp3) is 0.667. The first-order valence-corrected chi connectivity index (χ1v) is 6.25. The SMILES string of the molecule is CCCOc1cncc(NC(CN)C2CC2)n1. The first-order valence-electron chi connectivity index (χ1n) is 6.25. The van der Waals surface area contributed by atoms with Crippen molar-refractivity contribution in [2.24, 2.45) is 11.7 Å². The topological polar surface area (TPSA) is 73.1 Å². The molecule has 0 aliphatic heterocycles. The summed E-state index contributed by atoms with van der Waals surface area (Å²) in [6.07, 6.45) is 6.83. The zero-order valence-corrected chi connectivity index (χ0v) is 10.2. The lowest BCUT2D eigenvalue weighted by Crippen LogP contribution is -2.31. The standard InChI is InChI=1S/C12H20N4O/c1-2-5-17-12-8-14-7-11(16-12)15-10(6-13)9-3-4-9/h7-10H,2-6,13H2,1H3,(H,15,16). The van der Waals surface area contributed by atoms with Gasteiger partial charge in [0.15, 0.2) is 0 Å². The normalized spacial score (nSPS) is 16.6. The summed E-state index contributed by atoms with van der Waals surface area (Å²) >= 11 is 0. The van der Waals surface area contributed by atoms with Gasteiger partial charge in [-0.3, -0.25) is 4.98 Å². The molecule has 1 saturated carbocycles. The summed E-state index contributed by atoms with van der Waals surface area (Å²) in [6, 6.07) is 0.311. The maximum atomic E-state index is 5.74. The number of nitrogens with one attached hydrogen (secondary N) is 1. The number of ether oxygens (including phenoxy) is 1. The van der Waals surface area contributed by atoms with Crippen molar-refractivity contribution in [2.45, 2.75) is 32.2 Å². The van der Waals surface area contributed by atoms with E-state index in [4.69, 9.17) is 10.5 Å². The zero-order valence-electron chi connectivity index (χ0n) is 10.2. The maximum absolute atomic E-state index is 5.74. The summed E-state index contributed by atoms with van der Waals surface area (Å²) in [7, 11) is 0. The molecule has 94 valence electrons. The molecule has 1 fully saturated rings. The van der Waals surface area contributed by atoms with Crippen LogP contribution in [0.2, 0.25) is 0 Å².